The number of hydrogen-bond donors (Lipinski definition) is 2. The molecule has 18 heavy (non-hydrogen) atoms. The third-order valence-electron chi connectivity index (χ3n) is 3.27. The van der Waals surface area contributed by atoms with Crippen molar-refractivity contribution >= 4 is 0 Å². The highest BCUT2D eigenvalue weighted by atomic mass is 16.5. The molecule has 0 aromatic heterocycles. The SMILES string of the molecule is COc1ccc(O)c(CNCCC2CCCO2)c1. The summed E-state index contributed by atoms with van der Waals surface area (Å²) in [6.07, 6.45) is 3.80. The molecule has 1 saturated heterocycles. The van der Waals surface area contributed by atoms with E-state index in [0.717, 1.165) is 30.9 Å². The smallest absolute Gasteiger partial charge is 0.120 e. The van der Waals surface area contributed by atoms with Crippen LogP contribution < -0.4 is 10.1 Å². The lowest BCUT2D eigenvalue weighted by atomic mass is 10.1. The molecule has 1 aromatic rings. The first-order chi connectivity index (χ1) is 8.79. The maximum absolute atomic E-state index is 9.72. The molecule has 0 spiro atoms. The number of aromatic hydroxyl groups is 1. The van der Waals surface area contributed by atoms with Gasteiger partial charge in [-0.2, -0.15) is 0 Å². The van der Waals surface area contributed by atoms with Crippen LogP contribution in [0.4, 0.5) is 0 Å². The van der Waals surface area contributed by atoms with Gasteiger partial charge in [0.15, 0.2) is 0 Å². The molecule has 2 rings (SSSR count). The van der Waals surface area contributed by atoms with Crippen molar-refractivity contribution in [2.24, 2.45) is 0 Å². The van der Waals surface area contributed by atoms with Crippen LogP contribution >= 0.6 is 0 Å². The molecule has 0 radical (unpaired) electrons. The summed E-state index contributed by atoms with van der Waals surface area (Å²) in [7, 11) is 1.63. The Labute approximate surface area is 108 Å². The maximum Gasteiger partial charge on any atom is 0.120 e. The number of phenols is 1. The number of benzene rings is 1. The van der Waals surface area contributed by atoms with Crippen molar-refractivity contribution < 1.29 is 14.6 Å². The highest BCUT2D eigenvalue weighted by Gasteiger charge is 2.14. The number of rotatable bonds is 6. The lowest BCUT2D eigenvalue weighted by Gasteiger charge is -2.11. The summed E-state index contributed by atoms with van der Waals surface area (Å²) in [5.41, 5.74) is 0.863. The van der Waals surface area contributed by atoms with E-state index in [-0.39, 0.29) is 0 Å². The van der Waals surface area contributed by atoms with Gasteiger partial charge in [-0.15, -0.1) is 0 Å². The quantitative estimate of drug-likeness (QED) is 0.760. The van der Waals surface area contributed by atoms with E-state index in [1.165, 1.54) is 12.8 Å². The van der Waals surface area contributed by atoms with Gasteiger partial charge in [-0.05, 0) is 44.0 Å². The van der Waals surface area contributed by atoms with Crippen molar-refractivity contribution in [3.8, 4) is 11.5 Å². The monoisotopic (exact) mass is 251 g/mol. The Morgan fingerprint density at radius 3 is 3.11 bits per heavy atom. The van der Waals surface area contributed by atoms with Gasteiger partial charge in [0.1, 0.15) is 11.5 Å². The Balaban J connectivity index is 1.75. The predicted molar refractivity (Wildman–Crippen MR) is 70.0 cm³/mol. The molecule has 1 unspecified atom stereocenters. The van der Waals surface area contributed by atoms with Gasteiger partial charge in [0.2, 0.25) is 0 Å². The first-order valence-corrected chi connectivity index (χ1v) is 6.48. The van der Waals surface area contributed by atoms with Crippen LogP contribution in [0.25, 0.3) is 0 Å². The van der Waals surface area contributed by atoms with Crippen LogP contribution in [0.3, 0.4) is 0 Å². The van der Waals surface area contributed by atoms with Gasteiger partial charge in [-0.1, -0.05) is 0 Å². The van der Waals surface area contributed by atoms with Crippen molar-refractivity contribution in [1.82, 2.24) is 5.32 Å². The van der Waals surface area contributed by atoms with Crippen LogP contribution in [0.15, 0.2) is 18.2 Å². The molecule has 0 amide bonds. The first kappa shape index (κ1) is 13.2. The molecule has 1 atom stereocenters. The summed E-state index contributed by atoms with van der Waals surface area (Å²) in [5, 5.41) is 13.0. The van der Waals surface area contributed by atoms with E-state index in [4.69, 9.17) is 9.47 Å². The van der Waals surface area contributed by atoms with E-state index in [1.807, 2.05) is 6.07 Å². The van der Waals surface area contributed by atoms with Gasteiger partial charge < -0.3 is 19.9 Å². The molecular formula is C14H21NO3. The van der Waals surface area contributed by atoms with Gasteiger partial charge in [0.25, 0.3) is 0 Å². The van der Waals surface area contributed by atoms with E-state index in [0.29, 0.717) is 18.4 Å². The fourth-order valence-electron chi connectivity index (χ4n) is 2.19. The molecule has 4 nitrogen and oxygen atoms in total. The molecule has 0 aliphatic carbocycles. The van der Waals surface area contributed by atoms with Crippen molar-refractivity contribution in [2.75, 3.05) is 20.3 Å². The fourth-order valence-corrected chi connectivity index (χ4v) is 2.19. The van der Waals surface area contributed by atoms with Crippen LogP contribution in [0, 0.1) is 0 Å². The molecule has 0 saturated carbocycles. The molecule has 1 fully saturated rings. The number of ether oxygens (including phenoxy) is 2. The molecule has 2 N–H and O–H groups in total. The van der Waals surface area contributed by atoms with Crippen LogP contribution in [0.2, 0.25) is 0 Å². The Morgan fingerprint density at radius 2 is 2.39 bits per heavy atom. The standard InChI is InChI=1S/C14H21NO3/c1-17-13-4-5-14(16)11(9-13)10-15-7-6-12-3-2-8-18-12/h4-5,9,12,15-16H,2-3,6-8,10H2,1H3. The topological polar surface area (TPSA) is 50.7 Å². The minimum absolute atomic E-state index is 0.306. The van der Waals surface area contributed by atoms with E-state index in [2.05, 4.69) is 5.32 Å². The molecule has 1 aliphatic heterocycles. The molecule has 4 heteroatoms. The second kappa shape index (κ2) is 6.61. The number of methoxy groups -OCH3 is 1. The zero-order chi connectivity index (χ0) is 12.8. The third kappa shape index (κ3) is 3.62. The van der Waals surface area contributed by atoms with E-state index < -0.39 is 0 Å². The van der Waals surface area contributed by atoms with Crippen molar-refractivity contribution in [2.45, 2.75) is 31.9 Å². The summed E-state index contributed by atoms with van der Waals surface area (Å²) < 4.78 is 10.7. The largest absolute Gasteiger partial charge is 0.508 e. The Morgan fingerprint density at radius 1 is 1.50 bits per heavy atom. The van der Waals surface area contributed by atoms with Crippen molar-refractivity contribution in [3.63, 3.8) is 0 Å². The Kier molecular flexibility index (Phi) is 4.84. The second-order valence-electron chi connectivity index (χ2n) is 4.60. The Hall–Kier alpha value is -1.26. The zero-order valence-electron chi connectivity index (χ0n) is 10.8. The fraction of sp³-hybridized carbons (Fsp3) is 0.571. The van der Waals surface area contributed by atoms with E-state index in [1.54, 1.807) is 19.2 Å². The van der Waals surface area contributed by atoms with Crippen molar-refractivity contribution in [3.05, 3.63) is 23.8 Å². The van der Waals surface area contributed by atoms with Crippen LogP contribution in [0.1, 0.15) is 24.8 Å². The predicted octanol–water partition coefficient (Wildman–Crippen LogP) is 2.06. The lowest BCUT2D eigenvalue weighted by Crippen LogP contribution is -2.19. The molecule has 1 aliphatic rings. The summed E-state index contributed by atoms with van der Waals surface area (Å²) >= 11 is 0. The van der Waals surface area contributed by atoms with Gasteiger partial charge in [-0.3, -0.25) is 0 Å². The van der Waals surface area contributed by atoms with E-state index in [9.17, 15) is 5.11 Å². The van der Waals surface area contributed by atoms with Crippen LogP contribution in [0.5, 0.6) is 11.5 Å². The minimum Gasteiger partial charge on any atom is -0.508 e. The highest BCUT2D eigenvalue weighted by molar-refractivity contribution is 5.39. The number of nitrogens with one attached hydrogen (secondary N) is 1. The minimum atomic E-state index is 0.306. The molecule has 1 aromatic carbocycles. The lowest BCUT2D eigenvalue weighted by molar-refractivity contribution is 0.104. The van der Waals surface area contributed by atoms with Gasteiger partial charge in [-0.25, -0.2) is 0 Å². The van der Waals surface area contributed by atoms with E-state index >= 15 is 0 Å². The molecule has 0 bridgehead atoms. The molecule has 1 heterocycles. The third-order valence-corrected chi connectivity index (χ3v) is 3.27. The normalized spacial score (nSPS) is 19.1. The summed E-state index contributed by atoms with van der Waals surface area (Å²) in [6.45, 7) is 2.46. The van der Waals surface area contributed by atoms with Gasteiger partial charge in [0, 0.05) is 18.7 Å². The zero-order valence-corrected chi connectivity index (χ0v) is 10.8. The average molecular weight is 251 g/mol. The summed E-state index contributed by atoms with van der Waals surface area (Å²) in [5.74, 6) is 1.07. The Bertz CT molecular complexity index is 375. The molecule has 100 valence electrons. The summed E-state index contributed by atoms with van der Waals surface area (Å²) in [6, 6.07) is 5.27. The summed E-state index contributed by atoms with van der Waals surface area (Å²) in [4.78, 5) is 0. The van der Waals surface area contributed by atoms with Crippen LogP contribution in [-0.2, 0) is 11.3 Å². The van der Waals surface area contributed by atoms with Gasteiger partial charge >= 0.3 is 0 Å². The first-order valence-electron chi connectivity index (χ1n) is 6.48. The molecular weight excluding hydrogens is 230 g/mol. The van der Waals surface area contributed by atoms with Crippen LogP contribution in [-0.4, -0.2) is 31.5 Å². The average Bonchev–Trinajstić information content (AvgIpc) is 2.89. The van der Waals surface area contributed by atoms with Crippen molar-refractivity contribution in [1.29, 1.82) is 0 Å². The van der Waals surface area contributed by atoms with Gasteiger partial charge in [0.05, 0.1) is 13.2 Å². The highest BCUT2D eigenvalue weighted by Crippen LogP contribution is 2.22. The number of hydrogen-bond acceptors (Lipinski definition) is 4. The second-order valence-corrected chi connectivity index (χ2v) is 4.60. The maximum atomic E-state index is 9.72. The number of phenolic OH excluding ortho intramolecular Hbond substituents is 1.